The molecule has 0 aliphatic carbocycles. The van der Waals surface area contributed by atoms with E-state index in [1.165, 1.54) is 5.56 Å². The first-order chi connectivity index (χ1) is 12.2. The first-order valence-corrected chi connectivity index (χ1v) is 8.52. The first kappa shape index (κ1) is 16.9. The fraction of sp³-hybridized carbons (Fsp3) is 0.182. The van der Waals surface area contributed by atoms with Crippen molar-refractivity contribution in [2.75, 3.05) is 6.54 Å². The second kappa shape index (κ2) is 8.25. The molecular weight excluding hydrogens is 308 g/mol. The van der Waals surface area contributed by atoms with Crippen LogP contribution in [0.1, 0.15) is 27.2 Å². The summed E-state index contributed by atoms with van der Waals surface area (Å²) in [5.74, 6) is 0.0466. The lowest BCUT2D eigenvalue weighted by molar-refractivity contribution is 0.0743. The number of aromatic nitrogens is 1. The predicted molar refractivity (Wildman–Crippen MR) is 100 cm³/mol. The SMILES string of the molecule is Cc1cccc(C(=O)N(CCc2ccccc2)Cc2ccccn2)c1. The maximum Gasteiger partial charge on any atom is 0.254 e. The molecule has 0 aliphatic rings. The van der Waals surface area contributed by atoms with Gasteiger partial charge in [0.05, 0.1) is 12.2 Å². The van der Waals surface area contributed by atoms with Crippen LogP contribution in [0.2, 0.25) is 0 Å². The molecule has 0 radical (unpaired) electrons. The third-order valence-corrected chi connectivity index (χ3v) is 4.14. The van der Waals surface area contributed by atoms with Crippen molar-refractivity contribution < 1.29 is 4.79 Å². The van der Waals surface area contributed by atoms with Gasteiger partial charge in [-0.2, -0.15) is 0 Å². The molecule has 1 heterocycles. The van der Waals surface area contributed by atoms with Gasteiger partial charge in [0.2, 0.25) is 0 Å². The molecule has 0 N–H and O–H groups in total. The highest BCUT2D eigenvalue weighted by Gasteiger charge is 2.16. The van der Waals surface area contributed by atoms with E-state index in [-0.39, 0.29) is 5.91 Å². The second-order valence-corrected chi connectivity index (χ2v) is 6.15. The predicted octanol–water partition coefficient (Wildman–Crippen LogP) is 4.28. The average molecular weight is 330 g/mol. The van der Waals surface area contributed by atoms with Crippen LogP contribution < -0.4 is 0 Å². The molecular formula is C22H22N2O. The van der Waals surface area contributed by atoms with Crippen LogP contribution in [0.4, 0.5) is 0 Å². The lowest BCUT2D eigenvalue weighted by atomic mass is 10.1. The number of hydrogen-bond acceptors (Lipinski definition) is 2. The monoisotopic (exact) mass is 330 g/mol. The minimum absolute atomic E-state index is 0.0466. The van der Waals surface area contributed by atoms with Crippen molar-refractivity contribution >= 4 is 5.91 Å². The Bertz CT molecular complexity index is 816. The Morgan fingerprint density at radius 1 is 0.960 bits per heavy atom. The van der Waals surface area contributed by atoms with Crippen LogP contribution in [0.5, 0.6) is 0 Å². The maximum atomic E-state index is 13.0. The molecule has 3 nitrogen and oxygen atoms in total. The lowest BCUT2D eigenvalue weighted by Gasteiger charge is -2.23. The minimum Gasteiger partial charge on any atom is -0.332 e. The van der Waals surface area contributed by atoms with Crippen molar-refractivity contribution in [3.8, 4) is 0 Å². The van der Waals surface area contributed by atoms with E-state index in [2.05, 4.69) is 17.1 Å². The molecule has 25 heavy (non-hydrogen) atoms. The molecule has 3 heteroatoms. The standard InChI is InChI=1S/C22H22N2O/c1-18-8-7-11-20(16-18)22(25)24(17-21-12-5-6-14-23-21)15-13-19-9-3-2-4-10-19/h2-12,14,16H,13,15,17H2,1H3. The number of carbonyl (C=O) groups is 1. The van der Waals surface area contributed by atoms with E-state index in [4.69, 9.17) is 0 Å². The summed E-state index contributed by atoms with van der Waals surface area (Å²) in [6.07, 6.45) is 2.59. The Morgan fingerprint density at radius 2 is 1.76 bits per heavy atom. The van der Waals surface area contributed by atoms with Crippen LogP contribution in [-0.4, -0.2) is 22.3 Å². The quantitative estimate of drug-likeness (QED) is 0.676. The number of carbonyl (C=O) groups excluding carboxylic acids is 1. The zero-order valence-electron chi connectivity index (χ0n) is 14.4. The fourth-order valence-electron chi connectivity index (χ4n) is 2.81. The van der Waals surface area contributed by atoms with Gasteiger partial charge in [-0.05, 0) is 43.2 Å². The molecule has 3 aromatic rings. The van der Waals surface area contributed by atoms with Crippen molar-refractivity contribution in [3.05, 3.63) is 101 Å². The molecule has 0 saturated carbocycles. The Hall–Kier alpha value is -2.94. The maximum absolute atomic E-state index is 13.0. The van der Waals surface area contributed by atoms with E-state index in [0.29, 0.717) is 13.1 Å². The van der Waals surface area contributed by atoms with E-state index in [9.17, 15) is 4.79 Å². The molecule has 0 saturated heterocycles. The third kappa shape index (κ3) is 4.77. The Labute approximate surface area is 149 Å². The molecule has 0 bridgehead atoms. The zero-order chi connectivity index (χ0) is 17.5. The molecule has 0 fully saturated rings. The van der Waals surface area contributed by atoms with E-state index < -0.39 is 0 Å². The van der Waals surface area contributed by atoms with Crippen molar-refractivity contribution in [2.24, 2.45) is 0 Å². The molecule has 3 rings (SSSR count). The normalized spacial score (nSPS) is 10.4. The largest absolute Gasteiger partial charge is 0.332 e. The summed E-state index contributed by atoms with van der Waals surface area (Å²) >= 11 is 0. The summed E-state index contributed by atoms with van der Waals surface area (Å²) in [6, 6.07) is 23.8. The number of hydrogen-bond donors (Lipinski definition) is 0. The van der Waals surface area contributed by atoms with Gasteiger partial charge >= 0.3 is 0 Å². The van der Waals surface area contributed by atoms with Crippen molar-refractivity contribution in [1.82, 2.24) is 9.88 Å². The topological polar surface area (TPSA) is 33.2 Å². The summed E-state index contributed by atoms with van der Waals surface area (Å²) in [5, 5.41) is 0. The Kier molecular flexibility index (Phi) is 5.57. The number of rotatable bonds is 6. The van der Waals surface area contributed by atoms with Gasteiger partial charge in [0.15, 0.2) is 0 Å². The number of nitrogens with zero attached hydrogens (tertiary/aromatic N) is 2. The highest BCUT2D eigenvalue weighted by Crippen LogP contribution is 2.12. The fourth-order valence-corrected chi connectivity index (χ4v) is 2.81. The van der Waals surface area contributed by atoms with Gasteiger partial charge in [0.1, 0.15) is 0 Å². The van der Waals surface area contributed by atoms with Crippen LogP contribution in [-0.2, 0) is 13.0 Å². The Morgan fingerprint density at radius 3 is 2.48 bits per heavy atom. The average Bonchev–Trinajstić information content (AvgIpc) is 2.66. The van der Waals surface area contributed by atoms with Crippen molar-refractivity contribution in [3.63, 3.8) is 0 Å². The third-order valence-electron chi connectivity index (χ3n) is 4.14. The van der Waals surface area contributed by atoms with Gasteiger partial charge in [-0.1, -0.05) is 54.1 Å². The highest BCUT2D eigenvalue weighted by atomic mass is 16.2. The van der Waals surface area contributed by atoms with Crippen molar-refractivity contribution in [1.29, 1.82) is 0 Å². The van der Waals surface area contributed by atoms with Crippen LogP contribution in [0.15, 0.2) is 79.0 Å². The number of aryl methyl sites for hydroxylation is 1. The molecule has 0 spiro atoms. The smallest absolute Gasteiger partial charge is 0.254 e. The van der Waals surface area contributed by atoms with Crippen LogP contribution in [0.3, 0.4) is 0 Å². The van der Waals surface area contributed by atoms with Crippen LogP contribution >= 0.6 is 0 Å². The van der Waals surface area contributed by atoms with Gasteiger partial charge in [0.25, 0.3) is 5.91 Å². The van der Waals surface area contributed by atoms with Crippen LogP contribution in [0, 0.1) is 6.92 Å². The molecule has 0 unspecified atom stereocenters. The molecule has 1 amide bonds. The lowest BCUT2D eigenvalue weighted by Crippen LogP contribution is -2.32. The zero-order valence-corrected chi connectivity index (χ0v) is 14.4. The summed E-state index contributed by atoms with van der Waals surface area (Å²) < 4.78 is 0. The summed E-state index contributed by atoms with van der Waals surface area (Å²) in [4.78, 5) is 19.3. The van der Waals surface area contributed by atoms with E-state index in [0.717, 1.165) is 23.2 Å². The summed E-state index contributed by atoms with van der Waals surface area (Å²) in [7, 11) is 0. The van der Waals surface area contributed by atoms with Gasteiger partial charge in [0, 0.05) is 18.3 Å². The molecule has 1 aromatic heterocycles. The van der Waals surface area contributed by atoms with E-state index in [1.54, 1.807) is 6.20 Å². The Balaban J connectivity index is 1.79. The molecule has 0 aliphatic heterocycles. The first-order valence-electron chi connectivity index (χ1n) is 8.52. The number of benzene rings is 2. The second-order valence-electron chi connectivity index (χ2n) is 6.15. The summed E-state index contributed by atoms with van der Waals surface area (Å²) in [6.45, 7) is 3.18. The van der Waals surface area contributed by atoms with Gasteiger partial charge < -0.3 is 4.90 Å². The van der Waals surface area contributed by atoms with Gasteiger partial charge in [-0.15, -0.1) is 0 Å². The highest BCUT2D eigenvalue weighted by molar-refractivity contribution is 5.94. The molecule has 126 valence electrons. The van der Waals surface area contributed by atoms with E-state index in [1.807, 2.05) is 72.5 Å². The number of pyridine rings is 1. The summed E-state index contributed by atoms with van der Waals surface area (Å²) in [5.41, 5.74) is 3.94. The van der Waals surface area contributed by atoms with E-state index >= 15 is 0 Å². The van der Waals surface area contributed by atoms with Crippen molar-refractivity contribution in [2.45, 2.75) is 19.9 Å². The van der Waals surface area contributed by atoms with Gasteiger partial charge in [-0.3, -0.25) is 9.78 Å². The number of amides is 1. The minimum atomic E-state index is 0.0466. The molecule has 0 atom stereocenters. The van der Waals surface area contributed by atoms with Crippen LogP contribution in [0.25, 0.3) is 0 Å². The van der Waals surface area contributed by atoms with Gasteiger partial charge in [-0.25, -0.2) is 0 Å². The molecule has 2 aromatic carbocycles.